The van der Waals surface area contributed by atoms with Crippen LogP contribution in [-0.4, -0.2) is 6.54 Å². The number of aryl methyl sites for hydroxylation is 1. The van der Waals surface area contributed by atoms with Gasteiger partial charge in [0.15, 0.2) is 12.3 Å². The van der Waals surface area contributed by atoms with E-state index >= 15 is 0 Å². The Labute approximate surface area is 210 Å². The van der Waals surface area contributed by atoms with Gasteiger partial charge in [0.05, 0.1) is 11.8 Å². The number of allylic oxidation sites excluding steroid dienone is 4. The SMILES string of the molecule is CCCCCCN1\C(=C/C=C/C=C/c2oc3ccccc3[n+]2CCCCCC)Oc2ccccc21. The molecule has 3 aromatic rings. The maximum Gasteiger partial charge on any atom is 0.374 e. The molecule has 4 nitrogen and oxygen atoms in total. The minimum atomic E-state index is 0.891. The Morgan fingerprint density at radius 2 is 1.57 bits per heavy atom. The summed E-state index contributed by atoms with van der Waals surface area (Å²) in [5, 5.41) is 0. The minimum absolute atomic E-state index is 0.891. The molecule has 184 valence electrons. The van der Waals surface area contributed by atoms with E-state index in [1.807, 2.05) is 42.5 Å². The lowest BCUT2D eigenvalue weighted by atomic mass is 10.2. The maximum absolute atomic E-state index is 6.15. The van der Waals surface area contributed by atoms with E-state index in [-0.39, 0.29) is 0 Å². The zero-order valence-corrected chi connectivity index (χ0v) is 21.3. The number of rotatable bonds is 13. The van der Waals surface area contributed by atoms with Crippen LogP contribution in [0.4, 0.5) is 5.69 Å². The summed E-state index contributed by atoms with van der Waals surface area (Å²) in [7, 11) is 0. The van der Waals surface area contributed by atoms with Crippen molar-refractivity contribution in [3.63, 3.8) is 0 Å². The molecular weight excluding hydrogens is 432 g/mol. The third-order valence-corrected chi connectivity index (χ3v) is 6.44. The molecule has 0 spiro atoms. The summed E-state index contributed by atoms with van der Waals surface area (Å²) in [6.07, 6.45) is 20.1. The first-order valence-electron chi connectivity index (χ1n) is 13.3. The fourth-order valence-corrected chi connectivity index (χ4v) is 4.55. The van der Waals surface area contributed by atoms with Gasteiger partial charge in [-0.05, 0) is 37.1 Å². The first-order chi connectivity index (χ1) is 17.3. The number of unbranched alkanes of at least 4 members (excludes halogenated alkanes) is 6. The average Bonchev–Trinajstić information content (AvgIpc) is 3.42. The molecule has 0 radical (unpaired) electrons. The van der Waals surface area contributed by atoms with Crippen molar-refractivity contribution in [1.29, 1.82) is 0 Å². The molecule has 2 heterocycles. The fourth-order valence-electron chi connectivity index (χ4n) is 4.55. The monoisotopic (exact) mass is 471 g/mol. The molecule has 35 heavy (non-hydrogen) atoms. The van der Waals surface area contributed by atoms with Crippen LogP contribution in [-0.2, 0) is 6.54 Å². The van der Waals surface area contributed by atoms with E-state index in [1.54, 1.807) is 0 Å². The minimum Gasteiger partial charge on any atom is -0.439 e. The maximum atomic E-state index is 6.15. The molecule has 0 saturated carbocycles. The smallest absolute Gasteiger partial charge is 0.374 e. The van der Waals surface area contributed by atoms with Gasteiger partial charge in [-0.1, -0.05) is 88.4 Å². The quantitative estimate of drug-likeness (QED) is 0.143. The van der Waals surface area contributed by atoms with Gasteiger partial charge in [-0.15, -0.1) is 0 Å². The third-order valence-electron chi connectivity index (χ3n) is 6.44. The molecule has 4 heteroatoms. The zero-order valence-electron chi connectivity index (χ0n) is 21.3. The van der Waals surface area contributed by atoms with E-state index in [9.17, 15) is 0 Å². The summed E-state index contributed by atoms with van der Waals surface area (Å²) in [6.45, 7) is 6.45. The summed E-state index contributed by atoms with van der Waals surface area (Å²) in [5.74, 6) is 2.72. The molecule has 2 aromatic carbocycles. The molecule has 0 unspecified atom stereocenters. The van der Waals surface area contributed by atoms with Crippen LogP contribution in [0.15, 0.2) is 83.1 Å². The van der Waals surface area contributed by atoms with Gasteiger partial charge >= 0.3 is 5.89 Å². The van der Waals surface area contributed by atoms with E-state index in [1.165, 1.54) is 38.5 Å². The number of anilines is 1. The van der Waals surface area contributed by atoms with E-state index in [0.29, 0.717) is 0 Å². The molecule has 0 saturated heterocycles. The van der Waals surface area contributed by atoms with E-state index in [0.717, 1.165) is 60.2 Å². The summed E-state index contributed by atoms with van der Waals surface area (Å²) >= 11 is 0. The largest absolute Gasteiger partial charge is 0.439 e. The lowest BCUT2D eigenvalue weighted by molar-refractivity contribution is -0.678. The van der Waals surface area contributed by atoms with Crippen molar-refractivity contribution in [3.8, 4) is 5.75 Å². The average molecular weight is 472 g/mol. The van der Waals surface area contributed by atoms with Gasteiger partial charge in [0.25, 0.3) is 5.52 Å². The van der Waals surface area contributed by atoms with Gasteiger partial charge in [-0.3, -0.25) is 0 Å². The second-order valence-corrected chi connectivity index (χ2v) is 9.15. The summed E-state index contributed by atoms with van der Waals surface area (Å²) < 4.78 is 14.6. The van der Waals surface area contributed by atoms with Gasteiger partial charge in [-0.25, -0.2) is 0 Å². The van der Waals surface area contributed by atoms with Crippen LogP contribution in [0.1, 0.15) is 71.1 Å². The van der Waals surface area contributed by atoms with Crippen molar-refractivity contribution in [2.24, 2.45) is 0 Å². The number of para-hydroxylation sites is 4. The van der Waals surface area contributed by atoms with Crippen molar-refractivity contribution < 1.29 is 13.7 Å². The fraction of sp³-hybridized carbons (Fsp3) is 0.387. The molecular formula is C31H39N2O2+. The Morgan fingerprint density at radius 1 is 0.800 bits per heavy atom. The topological polar surface area (TPSA) is 29.5 Å². The first-order valence-corrected chi connectivity index (χ1v) is 13.3. The number of benzene rings is 2. The Morgan fingerprint density at radius 3 is 2.43 bits per heavy atom. The molecule has 4 rings (SSSR count). The van der Waals surface area contributed by atoms with Crippen LogP contribution in [0.3, 0.4) is 0 Å². The summed E-state index contributed by atoms with van der Waals surface area (Å²) in [4.78, 5) is 2.29. The van der Waals surface area contributed by atoms with Gasteiger partial charge in [-0.2, -0.15) is 4.57 Å². The molecule has 1 aromatic heterocycles. The standard InChI is InChI=1S/C31H39N2O2/c1-3-5-7-16-24-32-26-18-12-14-20-28(26)34-30(32)22-10-9-11-23-31-33(25-17-8-6-4-2)27-19-13-15-21-29(27)35-31/h9-15,18-23H,3-8,16-17,24-25H2,1-2H3/q+1. The van der Waals surface area contributed by atoms with Crippen LogP contribution in [0, 0.1) is 0 Å². The number of ether oxygens (including phenoxy) is 1. The first kappa shape index (κ1) is 24.8. The van der Waals surface area contributed by atoms with E-state index in [2.05, 4.69) is 59.7 Å². The second kappa shape index (κ2) is 13.0. The Bertz CT molecular complexity index is 1170. The number of fused-ring (bicyclic) bond motifs is 2. The molecule has 0 amide bonds. The highest BCUT2D eigenvalue weighted by Crippen LogP contribution is 2.38. The highest BCUT2D eigenvalue weighted by atomic mass is 16.5. The molecule has 0 N–H and O–H groups in total. The van der Waals surface area contributed by atoms with Crippen LogP contribution < -0.4 is 14.2 Å². The lowest BCUT2D eigenvalue weighted by Crippen LogP contribution is -2.35. The number of hydrogen-bond donors (Lipinski definition) is 0. The summed E-state index contributed by atoms with van der Waals surface area (Å²) in [5.41, 5.74) is 3.25. The van der Waals surface area contributed by atoms with Crippen molar-refractivity contribution in [2.75, 3.05) is 11.4 Å². The molecule has 0 bridgehead atoms. The lowest BCUT2D eigenvalue weighted by Gasteiger charge is -2.17. The van der Waals surface area contributed by atoms with Gasteiger partial charge in [0.2, 0.25) is 11.5 Å². The van der Waals surface area contributed by atoms with Gasteiger partial charge in [0, 0.05) is 19.0 Å². The van der Waals surface area contributed by atoms with Crippen molar-refractivity contribution in [3.05, 3.63) is 84.6 Å². The number of hydrogen-bond acceptors (Lipinski definition) is 3. The molecule has 1 aliphatic heterocycles. The van der Waals surface area contributed by atoms with Gasteiger partial charge < -0.3 is 14.1 Å². The van der Waals surface area contributed by atoms with Crippen LogP contribution in [0.25, 0.3) is 17.2 Å². The predicted molar refractivity (Wildman–Crippen MR) is 145 cm³/mol. The predicted octanol–water partition coefficient (Wildman–Crippen LogP) is 8.19. The third kappa shape index (κ3) is 6.45. The Hall–Kier alpha value is -3.27. The molecule has 1 aliphatic rings. The highest BCUT2D eigenvalue weighted by molar-refractivity contribution is 5.69. The highest BCUT2D eigenvalue weighted by Gasteiger charge is 2.24. The Balaban J connectivity index is 1.45. The van der Waals surface area contributed by atoms with Crippen LogP contribution in [0.2, 0.25) is 0 Å². The van der Waals surface area contributed by atoms with Gasteiger partial charge in [0.1, 0.15) is 0 Å². The number of nitrogens with zero attached hydrogens (tertiary/aromatic N) is 2. The van der Waals surface area contributed by atoms with Crippen molar-refractivity contribution in [2.45, 2.75) is 71.8 Å². The zero-order chi connectivity index (χ0) is 24.3. The summed E-state index contributed by atoms with van der Waals surface area (Å²) in [6, 6.07) is 16.6. The van der Waals surface area contributed by atoms with Crippen LogP contribution >= 0.6 is 0 Å². The molecule has 0 atom stereocenters. The molecule has 0 fully saturated rings. The normalized spacial score (nSPS) is 14.6. The molecule has 0 aliphatic carbocycles. The number of oxazole rings is 1. The second-order valence-electron chi connectivity index (χ2n) is 9.15. The number of aromatic nitrogens is 1. The van der Waals surface area contributed by atoms with Crippen molar-refractivity contribution in [1.82, 2.24) is 0 Å². The van der Waals surface area contributed by atoms with E-state index in [4.69, 9.17) is 9.15 Å². The van der Waals surface area contributed by atoms with Crippen molar-refractivity contribution >= 4 is 22.9 Å². The van der Waals surface area contributed by atoms with Crippen LogP contribution in [0.5, 0.6) is 5.75 Å². The van der Waals surface area contributed by atoms with E-state index < -0.39 is 0 Å². The Kier molecular flexibility index (Phi) is 9.22.